The largest absolute Gasteiger partial charge is 0.354 e. The fourth-order valence-electron chi connectivity index (χ4n) is 4.09. The third-order valence-electron chi connectivity index (χ3n) is 5.56. The van der Waals surface area contributed by atoms with Crippen molar-refractivity contribution in [3.8, 4) is 0 Å². The van der Waals surface area contributed by atoms with Gasteiger partial charge in [-0.1, -0.05) is 6.42 Å². The number of fused-ring (bicyclic) bond motifs is 2. The Hall–Kier alpha value is -1.62. The number of aromatic nitrogens is 3. The summed E-state index contributed by atoms with van der Waals surface area (Å²) in [5.41, 5.74) is 5.11. The zero-order valence-corrected chi connectivity index (χ0v) is 13.0. The Morgan fingerprint density at radius 1 is 1.09 bits per heavy atom. The van der Waals surface area contributed by atoms with Gasteiger partial charge in [-0.05, 0) is 32.1 Å². The molecule has 5 rings (SSSR count). The van der Waals surface area contributed by atoms with Crippen LogP contribution in [0, 0.1) is 0 Å². The van der Waals surface area contributed by atoms with Crippen LogP contribution in [-0.4, -0.2) is 40.8 Å². The van der Waals surface area contributed by atoms with Gasteiger partial charge in [0.1, 0.15) is 5.82 Å². The van der Waals surface area contributed by atoms with E-state index >= 15 is 0 Å². The van der Waals surface area contributed by atoms with Crippen molar-refractivity contribution < 1.29 is 0 Å². The minimum atomic E-state index is 0.674. The highest BCUT2D eigenvalue weighted by Crippen LogP contribution is 2.37. The predicted octanol–water partition coefficient (Wildman–Crippen LogP) is 1.90. The zero-order chi connectivity index (χ0) is 14.5. The molecule has 3 heterocycles. The van der Waals surface area contributed by atoms with Gasteiger partial charge in [0.15, 0.2) is 5.65 Å². The molecular formula is C17H23N5. The minimum Gasteiger partial charge on any atom is -0.354 e. The molecule has 2 aliphatic carbocycles. The van der Waals surface area contributed by atoms with Crippen LogP contribution in [0.1, 0.15) is 48.6 Å². The molecule has 1 N–H and O–H groups in total. The van der Waals surface area contributed by atoms with Gasteiger partial charge in [-0.15, -0.1) is 0 Å². The van der Waals surface area contributed by atoms with E-state index in [1.807, 2.05) is 0 Å². The van der Waals surface area contributed by atoms with Crippen LogP contribution in [0.3, 0.4) is 0 Å². The molecule has 5 nitrogen and oxygen atoms in total. The lowest BCUT2D eigenvalue weighted by atomic mass is 9.83. The van der Waals surface area contributed by atoms with E-state index in [2.05, 4.69) is 20.8 Å². The monoisotopic (exact) mass is 297 g/mol. The Balaban J connectivity index is 1.68. The number of hydrogen-bond donors (Lipinski definition) is 1. The number of anilines is 1. The third kappa shape index (κ3) is 1.88. The molecule has 2 aromatic rings. The summed E-state index contributed by atoms with van der Waals surface area (Å²) in [7, 11) is 0. The van der Waals surface area contributed by atoms with Gasteiger partial charge >= 0.3 is 0 Å². The maximum atomic E-state index is 4.98. The van der Waals surface area contributed by atoms with Crippen molar-refractivity contribution in [1.82, 2.24) is 19.9 Å². The molecule has 22 heavy (non-hydrogen) atoms. The van der Waals surface area contributed by atoms with Crippen molar-refractivity contribution >= 4 is 11.5 Å². The number of piperazine rings is 1. The maximum Gasteiger partial charge on any atom is 0.157 e. The van der Waals surface area contributed by atoms with E-state index in [4.69, 9.17) is 10.1 Å². The van der Waals surface area contributed by atoms with Crippen molar-refractivity contribution in [2.75, 3.05) is 31.1 Å². The van der Waals surface area contributed by atoms with Crippen LogP contribution in [0.4, 0.5) is 5.82 Å². The van der Waals surface area contributed by atoms with Gasteiger partial charge in [-0.2, -0.15) is 9.61 Å². The first-order chi connectivity index (χ1) is 10.9. The summed E-state index contributed by atoms with van der Waals surface area (Å²) in [4.78, 5) is 7.45. The van der Waals surface area contributed by atoms with E-state index in [9.17, 15) is 0 Å². The van der Waals surface area contributed by atoms with E-state index in [-0.39, 0.29) is 0 Å². The molecule has 1 saturated carbocycles. The van der Waals surface area contributed by atoms with E-state index in [0.29, 0.717) is 5.92 Å². The highest BCUT2D eigenvalue weighted by atomic mass is 15.4. The molecule has 0 unspecified atom stereocenters. The van der Waals surface area contributed by atoms with E-state index in [1.54, 1.807) is 0 Å². The summed E-state index contributed by atoms with van der Waals surface area (Å²) in [6, 6.07) is 2.24. The van der Waals surface area contributed by atoms with E-state index in [1.165, 1.54) is 48.5 Å². The molecule has 116 valence electrons. The third-order valence-corrected chi connectivity index (χ3v) is 5.56. The summed E-state index contributed by atoms with van der Waals surface area (Å²) >= 11 is 0. The molecule has 0 spiro atoms. The molecule has 1 aliphatic heterocycles. The highest BCUT2D eigenvalue weighted by molar-refractivity contribution is 5.59. The molecule has 0 aromatic carbocycles. The number of hydrogen-bond acceptors (Lipinski definition) is 4. The number of aryl methyl sites for hydroxylation is 1. The number of nitrogens with zero attached hydrogens (tertiary/aromatic N) is 4. The summed E-state index contributed by atoms with van der Waals surface area (Å²) < 4.78 is 2.16. The fourth-order valence-corrected chi connectivity index (χ4v) is 4.09. The van der Waals surface area contributed by atoms with Crippen LogP contribution < -0.4 is 10.2 Å². The molecular weight excluding hydrogens is 274 g/mol. The molecule has 3 aliphatic rings. The van der Waals surface area contributed by atoms with Crippen molar-refractivity contribution in [3.05, 3.63) is 23.0 Å². The lowest BCUT2D eigenvalue weighted by Gasteiger charge is -2.31. The topological polar surface area (TPSA) is 45.5 Å². The second kappa shape index (κ2) is 4.95. The summed E-state index contributed by atoms with van der Waals surface area (Å²) in [6.07, 6.45) is 7.49. The lowest BCUT2D eigenvalue weighted by molar-refractivity contribution is 0.409. The molecule has 1 saturated heterocycles. The first-order valence-electron chi connectivity index (χ1n) is 8.77. The molecule has 2 fully saturated rings. The zero-order valence-electron chi connectivity index (χ0n) is 13.0. The molecule has 0 atom stereocenters. The van der Waals surface area contributed by atoms with Crippen LogP contribution in [0.5, 0.6) is 0 Å². The Morgan fingerprint density at radius 2 is 1.95 bits per heavy atom. The van der Waals surface area contributed by atoms with E-state index in [0.717, 1.165) is 44.7 Å². The van der Waals surface area contributed by atoms with Gasteiger partial charge in [-0.3, -0.25) is 0 Å². The van der Waals surface area contributed by atoms with Crippen molar-refractivity contribution in [2.45, 2.75) is 44.4 Å². The van der Waals surface area contributed by atoms with Crippen LogP contribution in [0.2, 0.25) is 0 Å². The predicted molar refractivity (Wildman–Crippen MR) is 86.7 cm³/mol. The quantitative estimate of drug-likeness (QED) is 0.919. The second-order valence-electron chi connectivity index (χ2n) is 6.92. The molecule has 0 bridgehead atoms. The number of rotatable bonds is 2. The Bertz CT molecular complexity index is 709. The van der Waals surface area contributed by atoms with Gasteiger partial charge < -0.3 is 10.2 Å². The maximum absolute atomic E-state index is 4.98. The first-order valence-corrected chi connectivity index (χ1v) is 8.77. The van der Waals surface area contributed by atoms with Crippen molar-refractivity contribution in [3.63, 3.8) is 0 Å². The van der Waals surface area contributed by atoms with Gasteiger partial charge in [0.05, 0.1) is 5.69 Å². The minimum absolute atomic E-state index is 0.674. The summed E-state index contributed by atoms with van der Waals surface area (Å²) in [5, 5.41) is 8.43. The van der Waals surface area contributed by atoms with Crippen LogP contribution in [0.25, 0.3) is 5.65 Å². The molecule has 0 radical (unpaired) electrons. The Labute approximate surface area is 130 Å². The average molecular weight is 297 g/mol. The highest BCUT2D eigenvalue weighted by Gasteiger charge is 2.28. The Kier molecular flexibility index (Phi) is 2.90. The lowest BCUT2D eigenvalue weighted by Crippen LogP contribution is -2.44. The van der Waals surface area contributed by atoms with Crippen LogP contribution >= 0.6 is 0 Å². The van der Waals surface area contributed by atoms with Crippen LogP contribution in [0.15, 0.2) is 6.07 Å². The average Bonchev–Trinajstić information content (AvgIpc) is 3.09. The van der Waals surface area contributed by atoms with Crippen molar-refractivity contribution in [1.29, 1.82) is 0 Å². The van der Waals surface area contributed by atoms with Crippen LogP contribution in [-0.2, 0) is 12.8 Å². The first kappa shape index (κ1) is 12.9. The normalized spacial score (nSPS) is 22.1. The van der Waals surface area contributed by atoms with E-state index < -0.39 is 0 Å². The van der Waals surface area contributed by atoms with Gasteiger partial charge in [0.25, 0.3) is 0 Å². The van der Waals surface area contributed by atoms with Crippen molar-refractivity contribution in [2.24, 2.45) is 0 Å². The summed E-state index contributed by atoms with van der Waals surface area (Å²) in [5.74, 6) is 2.01. The fraction of sp³-hybridized carbons (Fsp3) is 0.647. The smallest absolute Gasteiger partial charge is 0.157 e. The molecule has 2 aromatic heterocycles. The SMILES string of the molecule is c1c(C2CCC2)nn2c(N3CCNCC3)c3c(nc12)CCC3. The standard InChI is InChI=1S/C17H23N5/c1-3-12(4-1)15-11-16-19-14-6-2-5-13(14)17(22(16)20-15)21-9-7-18-8-10-21/h11-12,18H,1-10H2. The Morgan fingerprint density at radius 3 is 2.73 bits per heavy atom. The van der Waals surface area contributed by atoms with Gasteiger partial charge in [0.2, 0.25) is 0 Å². The van der Waals surface area contributed by atoms with Gasteiger partial charge in [0, 0.05) is 49.4 Å². The molecule has 5 heteroatoms. The summed E-state index contributed by atoms with van der Waals surface area (Å²) in [6.45, 7) is 4.28. The second-order valence-corrected chi connectivity index (χ2v) is 6.92. The molecule has 0 amide bonds. The van der Waals surface area contributed by atoms with Gasteiger partial charge in [-0.25, -0.2) is 4.98 Å². The number of nitrogens with one attached hydrogen (secondary N) is 1.